The molecule has 0 atom stereocenters. The normalized spacial score (nSPS) is 13.5. The summed E-state index contributed by atoms with van der Waals surface area (Å²) in [6, 6.07) is 41.3. The zero-order valence-corrected chi connectivity index (χ0v) is 25.7. The highest BCUT2D eigenvalue weighted by Gasteiger charge is 2.36. The van der Waals surface area contributed by atoms with Crippen LogP contribution in [0, 0.1) is 0 Å². The molecule has 0 radical (unpaired) electrons. The van der Waals surface area contributed by atoms with Crippen molar-refractivity contribution >= 4 is 33.0 Å². The predicted molar refractivity (Wildman–Crippen MR) is 183 cm³/mol. The number of ether oxygens (including phenoxy) is 2. The van der Waals surface area contributed by atoms with Crippen LogP contribution in [0.3, 0.4) is 0 Å². The number of aryl methyl sites for hydroxylation is 1. The number of hydrogen-bond acceptors (Lipinski definition) is 4. The van der Waals surface area contributed by atoms with Gasteiger partial charge >= 0.3 is 0 Å². The Morgan fingerprint density at radius 3 is 2.41 bits per heavy atom. The molecule has 6 heteroatoms. The average molecular weight is 599 g/mol. The molecule has 3 aromatic heterocycles. The number of benzene rings is 5. The lowest BCUT2D eigenvalue weighted by Crippen LogP contribution is -2.24. The molecular weight excluding hydrogens is 568 g/mol. The Balaban J connectivity index is 1.14. The summed E-state index contributed by atoms with van der Waals surface area (Å²) in [7, 11) is 2.04. The van der Waals surface area contributed by atoms with E-state index in [1.54, 1.807) is 0 Å². The molecule has 1 aliphatic heterocycles. The van der Waals surface area contributed by atoms with Crippen LogP contribution >= 0.6 is 0 Å². The fourth-order valence-corrected chi connectivity index (χ4v) is 7.01. The molecule has 0 N–H and O–H groups in total. The van der Waals surface area contributed by atoms with E-state index in [9.17, 15) is 0 Å². The van der Waals surface area contributed by atoms with Gasteiger partial charge in [0.1, 0.15) is 34.5 Å². The molecule has 0 saturated heterocycles. The highest BCUT2D eigenvalue weighted by molar-refractivity contribution is 6.12. The molecule has 222 valence electrons. The summed E-state index contributed by atoms with van der Waals surface area (Å²) in [5, 5.41) is 2.11. The molecule has 0 amide bonds. The first-order valence-electron chi connectivity index (χ1n) is 15.5. The smallest absolute Gasteiger partial charge is 0.145 e. The van der Waals surface area contributed by atoms with Crippen molar-refractivity contribution in [2.24, 2.45) is 7.05 Å². The Morgan fingerprint density at radius 1 is 0.717 bits per heavy atom. The van der Waals surface area contributed by atoms with Crippen LogP contribution in [0.25, 0.3) is 50.0 Å². The van der Waals surface area contributed by atoms with Gasteiger partial charge in [0, 0.05) is 46.8 Å². The topological polar surface area (TPSA) is 54.1 Å². The monoisotopic (exact) mass is 598 g/mol. The lowest BCUT2D eigenvalue weighted by molar-refractivity contribution is 0.423. The molecule has 0 aliphatic carbocycles. The van der Waals surface area contributed by atoms with E-state index in [0.29, 0.717) is 0 Å². The fourth-order valence-electron chi connectivity index (χ4n) is 7.01. The fraction of sp³-hybridized carbons (Fsp3) is 0.100. The van der Waals surface area contributed by atoms with Crippen LogP contribution < -0.4 is 9.47 Å². The van der Waals surface area contributed by atoms with Gasteiger partial charge in [0.15, 0.2) is 0 Å². The van der Waals surface area contributed by atoms with Gasteiger partial charge in [-0.3, -0.25) is 4.57 Å². The molecule has 0 saturated carbocycles. The first-order chi connectivity index (χ1) is 22.5. The van der Waals surface area contributed by atoms with Crippen LogP contribution in [0.5, 0.6) is 23.0 Å². The second-order valence-electron chi connectivity index (χ2n) is 12.4. The summed E-state index contributed by atoms with van der Waals surface area (Å²) < 4.78 is 17.5. The van der Waals surface area contributed by atoms with Crippen molar-refractivity contribution in [2.45, 2.75) is 19.3 Å². The van der Waals surface area contributed by atoms with Crippen molar-refractivity contribution in [1.29, 1.82) is 0 Å². The molecule has 1 aliphatic rings. The minimum Gasteiger partial charge on any atom is -0.457 e. The van der Waals surface area contributed by atoms with Crippen molar-refractivity contribution in [2.75, 3.05) is 0 Å². The Hall–Kier alpha value is -5.88. The summed E-state index contributed by atoms with van der Waals surface area (Å²) in [4.78, 5) is 9.74. The maximum atomic E-state index is 6.69. The molecule has 46 heavy (non-hydrogen) atoms. The average Bonchev–Trinajstić information content (AvgIpc) is 3.60. The lowest BCUT2D eigenvalue weighted by Gasteiger charge is -2.34. The van der Waals surface area contributed by atoms with Crippen LogP contribution in [0.1, 0.15) is 25.0 Å². The molecule has 9 rings (SSSR count). The van der Waals surface area contributed by atoms with E-state index in [4.69, 9.17) is 19.4 Å². The molecule has 0 fully saturated rings. The van der Waals surface area contributed by atoms with E-state index in [-0.39, 0.29) is 5.41 Å². The Kier molecular flexibility index (Phi) is 5.66. The van der Waals surface area contributed by atoms with Crippen LogP contribution in [0.15, 0.2) is 128 Å². The number of imidazole rings is 1. The standard InChI is InChI=1S/C40H30N4O2/c1-40(2)30-16-4-7-19-35(30)46-37-31(40)20-21-34-36(37)29-15-10-22-41-39(29)44(34)26-12-9-14-28(24-26)45-27-13-8-11-25(23-27)38-42-32-17-5-6-18-33(32)43(38)3/h4-24H,1-3H3. The van der Waals surface area contributed by atoms with Gasteiger partial charge in [-0.2, -0.15) is 0 Å². The number of rotatable bonds is 4. The number of nitrogens with zero attached hydrogens (tertiary/aromatic N) is 4. The first kappa shape index (κ1) is 26.5. The number of aromatic nitrogens is 4. The van der Waals surface area contributed by atoms with Crippen molar-refractivity contribution in [3.8, 4) is 40.1 Å². The molecule has 0 unspecified atom stereocenters. The van der Waals surface area contributed by atoms with E-state index >= 15 is 0 Å². The van der Waals surface area contributed by atoms with Gasteiger partial charge in [-0.05, 0) is 60.7 Å². The largest absolute Gasteiger partial charge is 0.457 e. The number of hydrogen-bond donors (Lipinski definition) is 0. The van der Waals surface area contributed by atoms with Gasteiger partial charge in [0.05, 0.1) is 27.6 Å². The summed E-state index contributed by atoms with van der Waals surface area (Å²) in [5.74, 6) is 4.16. The van der Waals surface area contributed by atoms with Gasteiger partial charge in [-0.1, -0.05) is 68.4 Å². The van der Waals surface area contributed by atoms with Crippen LogP contribution in [-0.2, 0) is 12.5 Å². The summed E-state index contributed by atoms with van der Waals surface area (Å²) in [6.07, 6.45) is 1.84. The van der Waals surface area contributed by atoms with E-state index in [1.807, 2.05) is 73.9 Å². The minimum absolute atomic E-state index is 0.209. The first-order valence-corrected chi connectivity index (χ1v) is 15.5. The van der Waals surface area contributed by atoms with Gasteiger partial charge < -0.3 is 14.0 Å². The maximum absolute atomic E-state index is 6.69. The van der Waals surface area contributed by atoms with Gasteiger partial charge in [-0.15, -0.1) is 0 Å². The zero-order valence-electron chi connectivity index (χ0n) is 25.7. The number of fused-ring (bicyclic) bond motifs is 7. The SMILES string of the molecule is Cn1c(-c2cccc(Oc3cccc(-n4c5ccc6c(c5c5cccnc54)Oc4ccccc4C6(C)C)c3)c2)nc2ccccc21. The van der Waals surface area contributed by atoms with Crippen molar-refractivity contribution < 1.29 is 9.47 Å². The lowest BCUT2D eigenvalue weighted by atomic mass is 9.75. The maximum Gasteiger partial charge on any atom is 0.145 e. The molecule has 8 aromatic rings. The summed E-state index contributed by atoms with van der Waals surface area (Å²) >= 11 is 0. The third kappa shape index (κ3) is 3.90. The summed E-state index contributed by atoms with van der Waals surface area (Å²) in [6.45, 7) is 4.53. The highest BCUT2D eigenvalue weighted by Crippen LogP contribution is 2.52. The molecule has 6 nitrogen and oxygen atoms in total. The van der Waals surface area contributed by atoms with E-state index in [2.05, 4.69) is 83.6 Å². The minimum atomic E-state index is -0.209. The third-order valence-corrected chi connectivity index (χ3v) is 9.28. The second kappa shape index (κ2) is 9.81. The van der Waals surface area contributed by atoms with Crippen molar-refractivity contribution in [3.05, 3.63) is 139 Å². The van der Waals surface area contributed by atoms with E-state index < -0.39 is 0 Å². The zero-order chi connectivity index (χ0) is 31.0. The third-order valence-electron chi connectivity index (χ3n) is 9.28. The Bertz CT molecular complexity index is 2490. The van der Waals surface area contributed by atoms with Crippen LogP contribution in [0.4, 0.5) is 0 Å². The van der Waals surface area contributed by atoms with E-state index in [0.717, 1.165) is 73.0 Å². The highest BCUT2D eigenvalue weighted by atomic mass is 16.5. The van der Waals surface area contributed by atoms with Crippen LogP contribution in [-0.4, -0.2) is 19.1 Å². The van der Waals surface area contributed by atoms with Gasteiger partial charge in [0.2, 0.25) is 0 Å². The van der Waals surface area contributed by atoms with Crippen LogP contribution in [0.2, 0.25) is 0 Å². The molecular formula is C40H30N4O2. The predicted octanol–water partition coefficient (Wildman–Crippen LogP) is 9.96. The Labute approximate surface area is 266 Å². The summed E-state index contributed by atoms with van der Waals surface area (Å²) in [5.41, 5.74) is 8.06. The Morgan fingerprint density at radius 2 is 1.52 bits per heavy atom. The molecule has 5 aromatic carbocycles. The van der Waals surface area contributed by atoms with E-state index in [1.165, 1.54) is 11.1 Å². The number of pyridine rings is 1. The molecule has 0 spiro atoms. The second-order valence-corrected chi connectivity index (χ2v) is 12.4. The van der Waals surface area contributed by atoms with Crippen molar-refractivity contribution in [1.82, 2.24) is 19.1 Å². The number of para-hydroxylation sites is 3. The van der Waals surface area contributed by atoms with Crippen molar-refractivity contribution in [3.63, 3.8) is 0 Å². The molecule has 4 heterocycles. The van der Waals surface area contributed by atoms with Gasteiger partial charge in [-0.25, -0.2) is 9.97 Å². The molecule has 0 bridgehead atoms. The quantitative estimate of drug-likeness (QED) is 0.202. The van der Waals surface area contributed by atoms with Gasteiger partial charge in [0.25, 0.3) is 0 Å².